The molecule has 1 amide bonds. The lowest BCUT2D eigenvalue weighted by Crippen LogP contribution is -2.30. The van der Waals surface area contributed by atoms with Gasteiger partial charge in [-0.25, -0.2) is 0 Å². The molecule has 1 saturated carbocycles. The van der Waals surface area contributed by atoms with Crippen LogP contribution in [-0.4, -0.2) is 30.3 Å². The van der Waals surface area contributed by atoms with E-state index >= 15 is 0 Å². The van der Waals surface area contributed by atoms with Crippen molar-refractivity contribution in [1.82, 2.24) is 24.4 Å². The summed E-state index contributed by atoms with van der Waals surface area (Å²) in [5.74, 6) is 1.16. The molecule has 1 aliphatic carbocycles. The Morgan fingerprint density at radius 1 is 1.10 bits per heavy atom. The smallest absolute Gasteiger partial charge is 0.263 e. The van der Waals surface area contributed by atoms with Crippen molar-refractivity contribution in [3.63, 3.8) is 0 Å². The molecular formula is C23H21ClN6O. The second-order valence-corrected chi connectivity index (χ2v) is 8.93. The molecule has 0 bridgehead atoms. The molecule has 0 radical (unpaired) electrons. The van der Waals surface area contributed by atoms with E-state index in [4.69, 9.17) is 16.7 Å². The molecule has 1 aliphatic heterocycles. The van der Waals surface area contributed by atoms with E-state index in [0.717, 1.165) is 58.1 Å². The van der Waals surface area contributed by atoms with Gasteiger partial charge in [-0.15, -0.1) is 10.2 Å². The Balaban J connectivity index is 1.59. The van der Waals surface area contributed by atoms with Crippen molar-refractivity contribution in [2.75, 3.05) is 4.90 Å². The third-order valence-corrected chi connectivity index (χ3v) is 6.59. The van der Waals surface area contributed by atoms with Gasteiger partial charge in [-0.3, -0.25) is 18.8 Å². The van der Waals surface area contributed by atoms with Crippen LogP contribution in [0.5, 0.6) is 0 Å². The standard InChI is InChI=1S/C23H21ClN6O/c1-12-10-17(11-29-13(2)25-26-22(12)29)30-20(15-6-8-16(24)9-7-15)21-18(23(30)31)19(14-4-5-14)27-28(21)3/h6-11,14,20H,4-5H2,1-3H3/t20-/m1/s1. The summed E-state index contributed by atoms with van der Waals surface area (Å²) in [6, 6.07) is 9.45. The Hall–Kier alpha value is -3.19. The van der Waals surface area contributed by atoms with Crippen LogP contribution in [0.2, 0.25) is 5.02 Å². The van der Waals surface area contributed by atoms with Gasteiger partial charge in [0, 0.05) is 24.2 Å². The molecule has 7 nitrogen and oxygen atoms in total. The second-order valence-electron chi connectivity index (χ2n) is 8.49. The van der Waals surface area contributed by atoms with Crippen molar-refractivity contribution in [3.05, 3.63) is 75.5 Å². The van der Waals surface area contributed by atoms with Crippen LogP contribution >= 0.6 is 11.6 Å². The van der Waals surface area contributed by atoms with Gasteiger partial charge in [0.1, 0.15) is 11.9 Å². The lowest BCUT2D eigenvalue weighted by molar-refractivity contribution is 0.0992. The van der Waals surface area contributed by atoms with Crippen molar-refractivity contribution in [2.45, 2.75) is 38.6 Å². The van der Waals surface area contributed by atoms with Crippen LogP contribution in [0.3, 0.4) is 0 Å². The van der Waals surface area contributed by atoms with Gasteiger partial charge < -0.3 is 0 Å². The molecule has 3 aromatic heterocycles. The fourth-order valence-electron chi connectivity index (χ4n) is 4.69. The number of aromatic nitrogens is 5. The molecule has 1 atom stereocenters. The first-order valence-corrected chi connectivity index (χ1v) is 10.8. The summed E-state index contributed by atoms with van der Waals surface area (Å²) in [5.41, 5.74) is 6.21. The summed E-state index contributed by atoms with van der Waals surface area (Å²) >= 11 is 6.16. The number of amides is 1. The fraction of sp³-hybridized carbons (Fsp3) is 0.304. The van der Waals surface area contributed by atoms with Crippen LogP contribution in [-0.2, 0) is 7.05 Å². The average Bonchev–Trinajstić information content (AvgIpc) is 3.35. The number of pyridine rings is 1. The van der Waals surface area contributed by atoms with E-state index in [9.17, 15) is 4.79 Å². The number of rotatable bonds is 3. The van der Waals surface area contributed by atoms with Crippen LogP contribution in [0.1, 0.15) is 63.5 Å². The maximum absolute atomic E-state index is 13.9. The predicted molar refractivity (Wildman–Crippen MR) is 118 cm³/mol. The Bertz CT molecular complexity index is 1370. The number of benzene rings is 1. The van der Waals surface area contributed by atoms with E-state index in [1.54, 1.807) is 0 Å². The third kappa shape index (κ3) is 2.66. The van der Waals surface area contributed by atoms with Crippen LogP contribution in [0, 0.1) is 13.8 Å². The van der Waals surface area contributed by atoms with Crippen LogP contribution in [0.25, 0.3) is 5.65 Å². The SMILES string of the molecule is Cc1cc(N2C(=O)c3c(C4CC4)nn(C)c3[C@H]2c2ccc(Cl)cc2)cn2c(C)nnc12. The first kappa shape index (κ1) is 18.6. The van der Waals surface area contributed by atoms with Gasteiger partial charge in [-0.05, 0) is 56.0 Å². The van der Waals surface area contributed by atoms with E-state index in [2.05, 4.69) is 10.2 Å². The highest BCUT2D eigenvalue weighted by molar-refractivity contribution is 6.30. The summed E-state index contributed by atoms with van der Waals surface area (Å²) < 4.78 is 3.83. The number of carbonyl (C=O) groups excluding carboxylic acids is 1. The number of anilines is 1. The molecule has 1 fully saturated rings. The monoisotopic (exact) mass is 432 g/mol. The number of hydrogen-bond donors (Lipinski definition) is 0. The zero-order valence-corrected chi connectivity index (χ0v) is 18.3. The molecular weight excluding hydrogens is 412 g/mol. The third-order valence-electron chi connectivity index (χ3n) is 6.34. The van der Waals surface area contributed by atoms with E-state index < -0.39 is 0 Å². The summed E-state index contributed by atoms with van der Waals surface area (Å²) in [7, 11) is 1.93. The van der Waals surface area contributed by atoms with Gasteiger partial charge in [-0.2, -0.15) is 5.10 Å². The predicted octanol–water partition coefficient (Wildman–Crippen LogP) is 4.36. The average molecular weight is 433 g/mol. The first-order chi connectivity index (χ1) is 14.9. The largest absolute Gasteiger partial charge is 0.294 e. The minimum atomic E-state index is -0.279. The van der Waals surface area contributed by atoms with E-state index in [1.807, 2.05) is 71.4 Å². The Kier molecular flexibility index (Phi) is 3.84. The van der Waals surface area contributed by atoms with Crippen molar-refractivity contribution in [2.24, 2.45) is 7.05 Å². The highest BCUT2D eigenvalue weighted by atomic mass is 35.5. The summed E-state index contributed by atoms with van der Waals surface area (Å²) in [6.45, 7) is 3.91. The van der Waals surface area contributed by atoms with Gasteiger partial charge in [0.15, 0.2) is 5.65 Å². The van der Waals surface area contributed by atoms with E-state index in [-0.39, 0.29) is 11.9 Å². The molecule has 2 aliphatic rings. The number of nitrogens with zero attached hydrogens (tertiary/aromatic N) is 6. The van der Waals surface area contributed by atoms with Gasteiger partial charge in [0.05, 0.1) is 22.6 Å². The van der Waals surface area contributed by atoms with Crippen molar-refractivity contribution < 1.29 is 4.79 Å². The summed E-state index contributed by atoms with van der Waals surface area (Å²) in [5, 5.41) is 13.9. The number of fused-ring (bicyclic) bond motifs is 2. The quantitative estimate of drug-likeness (QED) is 0.482. The van der Waals surface area contributed by atoms with Gasteiger partial charge in [0.25, 0.3) is 5.91 Å². The molecule has 4 aromatic rings. The van der Waals surface area contributed by atoms with E-state index in [0.29, 0.717) is 10.9 Å². The first-order valence-electron chi connectivity index (χ1n) is 10.4. The molecule has 1 aromatic carbocycles. The lowest BCUT2D eigenvalue weighted by atomic mass is 10.0. The van der Waals surface area contributed by atoms with Gasteiger partial charge in [0.2, 0.25) is 0 Å². The zero-order chi connectivity index (χ0) is 21.4. The molecule has 0 spiro atoms. The molecule has 0 saturated heterocycles. The lowest BCUT2D eigenvalue weighted by Gasteiger charge is -2.27. The molecule has 4 heterocycles. The highest BCUT2D eigenvalue weighted by Gasteiger charge is 2.46. The number of carbonyl (C=O) groups is 1. The summed E-state index contributed by atoms with van der Waals surface area (Å²) in [6.07, 6.45) is 4.13. The molecule has 156 valence electrons. The normalized spacial score (nSPS) is 18.3. The Morgan fingerprint density at radius 3 is 2.55 bits per heavy atom. The van der Waals surface area contributed by atoms with Gasteiger partial charge >= 0.3 is 0 Å². The number of hydrogen-bond acceptors (Lipinski definition) is 4. The molecule has 6 rings (SSSR count). The Labute approximate surface area is 184 Å². The van der Waals surface area contributed by atoms with Crippen molar-refractivity contribution >= 4 is 28.8 Å². The van der Waals surface area contributed by atoms with Crippen LogP contribution < -0.4 is 4.90 Å². The highest BCUT2D eigenvalue weighted by Crippen LogP contribution is 2.48. The zero-order valence-electron chi connectivity index (χ0n) is 17.5. The summed E-state index contributed by atoms with van der Waals surface area (Å²) in [4.78, 5) is 15.8. The van der Waals surface area contributed by atoms with Gasteiger partial charge in [-0.1, -0.05) is 23.7 Å². The minimum absolute atomic E-state index is 0.00516. The van der Waals surface area contributed by atoms with Crippen LogP contribution in [0.15, 0.2) is 36.5 Å². The molecule has 31 heavy (non-hydrogen) atoms. The maximum Gasteiger partial charge on any atom is 0.263 e. The van der Waals surface area contributed by atoms with E-state index in [1.165, 1.54) is 0 Å². The Morgan fingerprint density at radius 2 is 1.84 bits per heavy atom. The number of halogens is 1. The van der Waals surface area contributed by atoms with Crippen LogP contribution in [0.4, 0.5) is 5.69 Å². The molecule has 0 N–H and O–H groups in total. The minimum Gasteiger partial charge on any atom is -0.294 e. The van der Waals surface area contributed by atoms with Crippen molar-refractivity contribution in [1.29, 1.82) is 0 Å². The molecule has 0 unspecified atom stereocenters. The number of aryl methyl sites for hydroxylation is 3. The fourth-order valence-corrected chi connectivity index (χ4v) is 4.82. The maximum atomic E-state index is 13.9. The second kappa shape index (κ2) is 6.40. The topological polar surface area (TPSA) is 68.3 Å². The molecule has 8 heteroatoms. The van der Waals surface area contributed by atoms with Crippen molar-refractivity contribution in [3.8, 4) is 0 Å².